The Balaban J connectivity index is 0.926. The molecule has 9 rings (SSSR count). The Morgan fingerprint density at radius 1 is 1.00 bits per heavy atom. The highest BCUT2D eigenvalue weighted by atomic mass is 79.9. The molecule has 6 fully saturated rings. The van der Waals surface area contributed by atoms with Crippen LogP contribution in [0.5, 0.6) is 6.01 Å². The molecular formula is C37H47BrF2N6O6. The van der Waals surface area contributed by atoms with Gasteiger partial charge in [0.15, 0.2) is 11.5 Å². The molecule has 1 aromatic heterocycles. The smallest absolute Gasteiger partial charge is 0.410 e. The summed E-state index contributed by atoms with van der Waals surface area (Å²) in [5.41, 5.74) is -0.746. The van der Waals surface area contributed by atoms with Crippen molar-refractivity contribution in [3.63, 3.8) is 0 Å². The van der Waals surface area contributed by atoms with E-state index in [4.69, 9.17) is 23.9 Å². The van der Waals surface area contributed by atoms with Crippen molar-refractivity contribution in [1.29, 1.82) is 0 Å². The summed E-state index contributed by atoms with van der Waals surface area (Å²) in [5, 5.41) is 0.635. The standard InChI is InChI=1S/C37H47BrF2N6O6/c1-35(2,3)52-34(48)44-13-21-4-5-22(14-44)46(21)31-27-25-17-49-18-26(25)28(38)29(39)30(27)41-33(42-31)51-20-36(6-7-36)19-43-10-8-37(40,9-11-43)32(47)45-15-24-12-23(45)16-50-24/h21-24H,4-20H2,1-3H3/t21-,22+,23-,24-/m1/s1. The average Bonchev–Trinajstić information content (AvgIpc) is 3.50. The summed E-state index contributed by atoms with van der Waals surface area (Å²) in [7, 11) is 0. The third kappa shape index (κ3) is 6.11. The Kier molecular flexibility index (Phi) is 8.44. The topological polar surface area (TPSA) is 110 Å². The molecule has 1 aliphatic carbocycles. The number of hydrogen-bond acceptors (Lipinski definition) is 10. The predicted octanol–water partition coefficient (Wildman–Crippen LogP) is 5.11. The van der Waals surface area contributed by atoms with Crippen molar-refractivity contribution in [2.75, 3.05) is 57.4 Å². The summed E-state index contributed by atoms with van der Waals surface area (Å²) < 4.78 is 56.0. The van der Waals surface area contributed by atoms with E-state index in [1.54, 1.807) is 9.80 Å². The maximum Gasteiger partial charge on any atom is 0.410 e. The van der Waals surface area contributed by atoms with Crippen LogP contribution in [-0.2, 0) is 32.2 Å². The molecule has 0 radical (unpaired) electrons. The van der Waals surface area contributed by atoms with Gasteiger partial charge in [-0.25, -0.2) is 13.6 Å². The van der Waals surface area contributed by atoms with Crippen LogP contribution in [0.25, 0.3) is 10.9 Å². The number of benzene rings is 1. The minimum Gasteiger partial charge on any atom is -0.463 e. The molecule has 0 spiro atoms. The lowest BCUT2D eigenvalue weighted by Gasteiger charge is -2.42. The Morgan fingerprint density at radius 2 is 1.71 bits per heavy atom. The summed E-state index contributed by atoms with van der Waals surface area (Å²) in [6, 6.07) is 0.0653. The number of carbonyl (C=O) groups excluding carboxylic acids is 2. The number of ether oxygens (including phenoxy) is 4. The maximum atomic E-state index is 16.2. The summed E-state index contributed by atoms with van der Waals surface area (Å²) in [6.45, 7) is 10.3. The molecule has 2 amide bonds. The van der Waals surface area contributed by atoms with Crippen LogP contribution in [0.1, 0.15) is 76.8 Å². The number of piperazine rings is 1. The number of alkyl halides is 1. The van der Waals surface area contributed by atoms with Crippen LogP contribution in [0.3, 0.4) is 0 Å². The van der Waals surface area contributed by atoms with Crippen LogP contribution in [0, 0.1) is 11.2 Å². The lowest BCUT2D eigenvalue weighted by Crippen LogP contribution is -2.56. The summed E-state index contributed by atoms with van der Waals surface area (Å²) in [6.07, 6.45) is 4.51. The van der Waals surface area contributed by atoms with Gasteiger partial charge in [0.2, 0.25) is 0 Å². The number of aromatic nitrogens is 2. The zero-order valence-corrected chi connectivity index (χ0v) is 31.7. The fourth-order valence-corrected chi connectivity index (χ4v) is 9.87. The number of amides is 2. The number of morpholine rings is 1. The van der Waals surface area contributed by atoms with Gasteiger partial charge in [0.25, 0.3) is 5.91 Å². The number of anilines is 1. The molecule has 282 valence electrons. The molecule has 2 aromatic rings. The first kappa shape index (κ1) is 34.9. The van der Waals surface area contributed by atoms with E-state index >= 15 is 8.78 Å². The maximum absolute atomic E-state index is 16.2. The van der Waals surface area contributed by atoms with Crippen LogP contribution >= 0.6 is 15.9 Å². The van der Waals surface area contributed by atoms with Crippen molar-refractivity contribution in [2.24, 2.45) is 5.41 Å². The SMILES string of the molecule is CC(C)(C)OC(=O)N1C[C@H]2CC[C@@H](C1)N2c1nc(OCC2(CN3CCC(F)(C(=O)N4C[C@H]5C[C@@H]4CO5)CC3)CC2)nc2c(F)c(Br)c3c(c12)COC3. The first-order valence-corrected chi connectivity index (χ1v) is 19.6. The van der Waals surface area contributed by atoms with Crippen molar-refractivity contribution in [2.45, 2.75) is 114 Å². The van der Waals surface area contributed by atoms with E-state index < -0.39 is 17.1 Å². The molecule has 1 saturated carbocycles. The monoisotopic (exact) mass is 788 g/mol. The van der Waals surface area contributed by atoms with Crippen molar-refractivity contribution >= 4 is 44.7 Å². The van der Waals surface area contributed by atoms with Crippen molar-refractivity contribution in [3.8, 4) is 6.01 Å². The van der Waals surface area contributed by atoms with E-state index in [0.717, 1.165) is 49.8 Å². The van der Waals surface area contributed by atoms with Crippen molar-refractivity contribution in [3.05, 3.63) is 21.4 Å². The molecule has 6 aliphatic heterocycles. The Hall–Kier alpha value is -2.88. The number of nitrogens with zero attached hydrogens (tertiary/aromatic N) is 6. The first-order valence-electron chi connectivity index (χ1n) is 18.8. The summed E-state index contributed by atoms with van der Waals surface area (Å²) in [5.74, 6) is -0.222. The first-order chi connectivity index (χ1) is 24.8. The van der Waals surface area contributed by atoms with Crippen LogP contribution in [0.15, 0.2) is 4.47 Å². The van der Waals surface area contributed by atoms with E-state index in [1.165, 1.54) is 0 Å². The Morgan fingerprint density at radius 3 is 2.35 bits per heavy atom. The number of carbonyl (C=O) groups is 2. The predicted molar refractivity (Wildman–Crippen MR) is 189 cm³/mol. The van der Waals surface area contributed by atoms with Gasteiger partial charge in [-0.05, 0) is 74.4 Å². The number of piperidine rings is 1. The number of hydrogen-bond donors (Lipinski definition) is 0. The molecule has 52 heavy (non-hydrogen) atoms. The van der Waals surface area contributed by atoms with Gasteiger partial charge in [-0.1, -0.05) is 0 Å². The highest BCUT2D eigenvalue weighted by Crippen LogP contribution is 2.49. The van der Waals surface area contributed by atoms with Gasteiger partial charge < -0.3 is 38.5 Å². The van der Waals surface area contributed by atoms with Gasteiger partial charge in [0.05, 0.1) is 48.4 Å². The molecule has 0 unspecified atom stereocenters. The van der Waals surface area contributed by atoms with E-state index in [9.17, 15) is 9.59 Å². The zero-order valence-electron chi connectivity index (χ0n) is 30.1. The third-order valence-corrected chi connectivity index (χ3v) is 13.1. The molecule has 12 nitrogen and oxygen atoms in total. The Labute approximate surface area is 310 Å². The van der Waals surface area contributed by atoms with Gasteiger partial charge >= 0.3 is 12.1 Å². The lowest BCUT2D eigenvalue weighted by molar-refractivity contribution is -0.152. The summed E-state index contributed by atoms with van der Waals surface area (Å²) >= 11 is 3.47. The highest BCUT2D eigenvalue weighted by molar-refractivity contribution is 9.10. The molecule has 1 aromatic carbocycles. The van der Waals surface area contributed by atoms with E-state index in [2.05, 4.69) is 30.7 Å². The second-order valence-electron chi connectivity index (χ2n) is 17.1. The van der Waals surface area contributed by atoms with Crippen LogP contribution in [0.4, 0.5) is 19.4 Å². The second-order valence-corrected chi connectivity index (χ2v) is 17.9. The van der Waals surface area contributed by atoms with Crippen molar-refractivity contribution in [1.82, 2.24) is 24.7 Å². The van der Waals surface area contributed by atoms with Gasteiger partial charge in [-0.15, -0.1) is 0 Å². The summed E-state index contributed by atoms with van der Waals surface area (Å²) in [4.78, 5) is 44.0. The minimum absolute atomic E-state index is 0.00807. The lowest BCUT2D eigenvalue weighted by atomic mass is 9.90. The third-order valence-electron chi connectivity index (χ3n) is 12.3. The second kappa shape index (κ2) is 12.6. The van der Waals surface area contributed by atoms with E-state index in [0.29, 0.717) is 74.8 Å². The molecule has 7 heterocycles. The number of likely N-dealkylation sites (tertiary alicyclic amines) is 3. The molecule has 4 atom stereocenters. The van der Waals surface area contributed by atoms with Gasteiger partial charge in [-0.2, -0.15) is 9.97 Å². The fraction of sp³-hybridized carbons (Fsp3) is 0.730. The van der Waals surface area contributed by atoms with Crippen LogP contribution < -0.4 is 9.64 Å². The quantitative estimate of drug-likeness (QED) is 0.376. The van der Waals surface area contributed by atoms with Gasteiger partial charge in [0, 0.05) is 75.2 Å². The largest absolute Gasteiger partial charge is 0.463 e. The highest BCUT2D eigenvalue weighted by Gasteiger charge is 2.52. The van der Waals surface area contributed by atoms with Gasteiger partial charge in [0.1, 0.15) is 16.9 Å². The average molecular weight is 790 g/mol. The number of rotatable bonds is 7. The molecule has 15 heteroatoms. The van der Waals surface area contributed by atoms with E-state index in [-0.39, 0.29) is 66.0 Å². The van der Waals surface area contributed by atoms with Crippen LogP contribution in [-0.4, -0.2) is 125 Å². The van der Waals surface area contributed by atoms with Gasteiger partial charge in [-0.3, -0.25) is 4.79 Å². The minimum atomic E-state index is -1.83. The molecule has 0 N–H and O–H groups in total. The fourth-order valence-electron chi connectivity index (χ4n) is 9.33. The molecular weight excluding hydrogens is 742 g/mol. The zero-order chi connectivity index (χ0) is 36.2. The Bertz CT molecular complexity index is 1780. The molecule has 4 bridgehead atoms. The number of fused-ring (bicyclic) bond motifs is 7. The van der Waals surface area contributed by atoms with Crippen molar-refractivity contribution < 1.29 is 37.3 Å². The normalized spacial score (nSPS) is 28.8. The van der Waals surface area contributed by atoms with Crippen LogP contribution in [0.2, 0.25) is 0 Å². The molecule has 7 aliphatic rings. The number of halogens is 3. The molecule has 5 saturated heterocycles. The van der Waals surface area contributed by atoms with E-state index in [1.807, 2.05) is 20.8 Å².